The second-order valence-electron chi connectivity index (χ2n) is 5.72. The third kappa shape index (κ3) is 3.10. The largest absolute Gasteiger partial charge is 0.310 e. The Labute approximate surface area is 125 Å². The highest BCUT2D eigenvalue weighted by atomic mass is 32.1. The average Bonchev–Trinajstić information content (AvgIpc) is 3.02. The number of rotatable bonds is 6. The van der Waals surface area contributed by atoms with Crippen LogP contribution in [0.3, 0.4) is 0 Å². The van der Waals surface area contributed by atoms with Crippen molar-refractivity contribution in [3.63, 3.8) is 0 Å². The Morgan fingerprint density at radius 1 is 1.35 bits per heavy atom. The lowest BCUT2D eigenvalue weighted by Gasteiger charge is -2.17. The molecule has 2 nitrogen and oxygen atoms in total. The van der Waals surface area contributed by atoms with Gasteiger partial charge in [-0.05, 0) is 24.4 Å². The number of nitrogens with zero attached hydrogens (tertiary/aromatic N) is 1. The van der Waals surface area contributed by atoms with Gasteiger partial charge in [-0.15, -0.1) is 11.3 Å². The van der Waals surface area contributed by atoms with E-state index in [0.717, 1.165) is 24.8 Å². The molecule has 1 aliphatic carbocycles. The fourth-order valence-electron chi connectivity index (χ4n) is 2.70. The minimum atomic E-state index is 0.368. The highest BCUT2D eigenvalue weighted by Gasteiger charge is 2.36. The van der Waals surface area contributed by atoms with Gasteiger partial charge in [0.15, 0.2) is 0 Å². The van der Waals surface area contributed by atoms with Crippen LogP contribution < -0.4 is 5.32 Å². The standard InChI is InChI=1S/C17H22N2S/c1-3-18-16(13-7-5-4-6-8-13)10-14-11-20-17(19-14)15-9-12(15)2/h4-8,11-12,15-16,18H,3,9-10H2,1-2H3. The van der Waals surface area contributed by atoms with E-state index in [2.05, 4.69) is 54.9 Å². The molecule has 0 spiro atoms. The summed E-state index contributed by atoms with van der Waals surface area (Å²) in [4.78, 5) is 4.85. The van der Waals surface area contributed by atoms with E-state index in [-0.39, 0.29) is 0 Å². The molecule has 1 heterocycles. The number of thiazole rings is 1. The first-order valence-electron chi connectivity index (χ1n) is 7.50. The van der Waals surface area contributed by atoms with Crippen molar-refractivity contribution in [1.82, 2.24) is 10.3 Å². The van der Waals surface area contributed by atoms with Crippen LogP contribution in [-0.2, 0) is 6.42 Å². The number of nitrogens with one attached hydrogen (secondary N) is 1. The maximum Gasteiger partial charge on any atom is 0.0962 e. The Hall–Kier alpha value is -1.19. The van der Waals surface area contributed by atoms with Gasteiger partial charge in [0.25, 0.3) is 0 Å². The molecule has 3 rings (SSSR count). The Bertz CT molecular complexity index is 549. The Kier molecular flexibility index (Phi) is 4.18. The van der Waals surface area contributed by atoms with Crippen molar-refractivity contribution in [1.29, 1.82) is 0 Å². The Morgan fingerprint density at radius 3 is 2.75 bits per heavy atom. The minimum Gasteiger partial charge on any atom is -0.310 e. The summed E-state index contributed by atoms with van der Waals surface area (Å²) in [6, 6.07) is 11.1. The summed E-state index contributed by atoms with van der Waals surface area (Å²) in [5.74, 6) is 1.58. The van der Waals surface area contributed by atoms with Gasteiger partial charge in [0.05, 0.1) is 10.7 Å². The molecule has 3 unspecified atom stereocenters. The summed E-state index contributed by atoms with van der Waals surface area (Å²) in [6.07, 6.45) is 2.30. The van der Waals surface area contributed by atoms with E-state index in [1.54, 1.807) is 0 Å². The molecule has 0 aliphatic heterocycles. The third-order valence-corrected chi connectivity index (χ3v) is 5.09. The van der Waals surface area contributed by atoms with Gasteiger partial charge < -0.3 is 5.32 Å². The van der Waals surface area contributed by atoms with E-state index in [1.807, 2.05) is 11.3 Å². The van der Waals surface area contributed by atoms with E-state index in [0.29, 0.717) is 6.04 Å². The molecule has 0 bridgehead atoms. The second-order valence-corrected chi connectivity index (χ2v) is 6.61. The summed E-state index contributed by atoms with van der Waals surface area (Å²) in [6.45, 7) is 5.46. The number of benzene rings is 1. The van der Waals surface area contributed by atoms with Gasteiger partial charge in [0.2, 0.25) is 0 Å². The van der Waals surface area contributed by atoms with Gasteiger partial charge in [0, 0.05) is 23.8 Å². The zero-order chi connectivity index (χ0) is 13.9. The number of hydrogen-bond acceptors (Lipinski definition) is 3. The first-order valence-corrected chi connectivity index (χ1v) is 8.38. The van der Waals surface area contributed by atoms with Crippen molar-refractivity contribution < 1.29 is 0 Å². The Morgan fingerprint density at radius 2 is 2.10 bits per heavy atom. The molecular formula is C17H22N2S. The van der Waals surface area contributed by atoms with E-state index in [4.69, 9.17) is 4.98 Å². The predicted octanol–water partition coefficient (Wildman–Crippen LogP) is 4.16. The first-order chi connectivity index (χ1) is 9.78. The number of aromatic nitrogens is 1. The fourth-order valence-corrected chi connectivity index (χ4v) is 3.78. The van der Waals surface area contributed by atoms with Crippen molar-refractivity contribution in [2.45, 2.75) is 38.6 Å². The summed E-state index contributed by atoms with van der Waals surface area (Å²) >= 11 is 1.84. The minimum absolute atomic E-state index is 0.368. The number of hydrogen-bond donors (Lipinski definition) is 1. The van der Waals surface area contributed by atoms with Gasteiger partial charge in [-0.1, -0.05) is 44.2 Å². The Balaban J connectivity index is 1.71. The summed E-state index contributed by atoms with van der Waals surface area (Å²) in [7, 11) is 0. The molecular weight excluding hydrogens is 264 g/mol. The molecule has 2 aromatic rings. The summed E-state index contributed by atoms with van der Waals surface area (Å²) < 4.78 is 0. The van der Waals surface area contributed by atoms with Crippen LogP contribution >= 0.6 is 11.3 Å². The molecule has 20 heavy (non-hydrogen) atoms. The lowest BCUT2D eigenvalue weighted by Crippen LogP contribution is -2.23. The van der Waals surface area contributed by atoms with E-state index in [1.165, 1.54) is 22.7 Å². The summed E-state index contributed by atoms with van der Waals surface area (Å²) in [5, 5.41) is 7.16. The van der Waals surface area contributed by atoms with Crippen LogP contribution in [0.5, 0.6) is 0 Å². The van der Waals surface area contributed by atoms with Crippen LogP contribution in [0.15, 0.2) is 35.7 Å². The zero-order valence-electron chi connectivity index (χ0n) is 12.2. The van der Waals surface area contributed by atoms with Crippen molar-refractivity contribution in [2.75, 3.05) is 6.54 Å². The van der Waals surface area contributed by atoms with Crippen LogP contribution in [0.2, 0.25) is 0 Å². The maximum absolute atomic E-state index is 4.85. The normalized spacial score (nSPS) is 22.7. The lowest BCUT2D eigenvalue weighted by atomic mass is 10.0. The highest BCUT2D eigenvalue weighted by molar-refractivity contribution is 7.09. The second kappa shape index (κ2) is 6.06. The van der Waals surface area contributed by atoms with Crippen molar-refractivity contribution in [3.8, 4) is 0 Å². The van der Waals surface area contributed by atoms with Gasteiger partial charge in [-0.2, -0.15) is 0 Å². The summed E-state index contributed by atoms with van der Waals surface area (Å²) in [5.41, 5.74) is 2.59. The predicted molar refractivity (Wildman–Crippen MR) is 85.2 cm³/mol. The topological polar surface area (TPSA) is 24.9 Å². The van der Waals surface area contributed by atoms with Crippen molar-refractivity contribution in [3.05, 3.63) is 52.0 Å². The van der Waals surface area contributed by atoms with E-state index >= 15 is 0 Å². The van der Waals surface area contributed by atoms with Crippen molar-refractivity contribution in [2.24, 2.45) is 5.92 Å². The maximum atomic E-state index is 4.85. The van der Waals surface area contributed by atoms with Gasteiger partial charge >= 0.3 is 0 Å². The van der Waals surface area contributed by atoms with Crippen LogP contribution in [0.4, 0.5) is 0 Å². The van der Waals surface area contributed by atoms with E-state index < -0.39 is 0 Å². The molecule has 1 fully saturated rings. The molecule has 3 heteroatoms. The molecule has 1 aromatic heterocycles. The van der Waals surface area contributed by atoms with Gasteiger partial charge in [0.1, 0.15) is 0 Å². The van der Waals surface area contributed by atoms with Crippen LogP contribution in [0, 0.1) is 5.92 Å². The third-order valence-electron chi connectivity index (χ3n) is 4.06. The van der Waals surface area contributed by atoms with Gasteiger partial charge in [-0.3, -0.25) is 0 Å². The van der Waals surface area contributed by atoms with Gasteiger partial charge in [-0.25, -0.2) is 4.98 Å². The molecule has 1 saturated carbocycles. The monoisotopic (exact) mass is 286 g/mol. The first kappa shape index (κ1) is 13.8. The number of likely N-dealkylation sites (N-methyl/N-ethyl adjacent to an activating group) is 1. The smallest absolute Gasteiger partial charge is 0.0962 e. The molecule has 0 radical (unpaired) electrons. The zero-order valence-corrected chi connectivity index (χ0v) is 13.0. The molecule has 1 aromatic carbocycles. The van der Waals surface area contributed by atoms with E-state index in [9.17, 15) is 0 Å². The van der Waals surface area contributed by atoms with Crippen LogP contribution in [0.1, 0.15) is 48.5 Å². The molecule has 1 aliphatic rings. The van der Waals surface area contributed by atoms with Crippen LogP contribution in [0.25, 0.3) is 0 Å². The van der Waals surface area contributed by atoms with Crippen molar-refractivity contribution >= 4 is 11.3 Å². The fraction of sp³-hybridized carbons (Fsp3) is 0.471. The molecule has 3 atom stereocenters. The lowest BCUT2D eigenvalue weighted by molar-refractivity contribution is 0.544. The molecule has 0 amide bonds. The highest BCUT2D eigenvalue weighted by Crippen LogP contribution is 2.47. The molecule has 1 N–H and O–H groups in total. The van der Waals surface area contributed by atoms with Crippen LogP contribution in [-0.4, -0.2) is 11.5 Å². The quantitative estimate of drug-likeness (QED) is 0.862. The average molecular weight is 286 g/mol. The SMILES string of the molecule is CCNC(Cc1csc(C2CC2C)n1)c1ccccc1. The molecule has 106 valence electrons. The molecule has 0 saturated heterocycles.